The fraction of sp³-hybridized carbons (Fsp3) is 0.500. The maximum Gasteiger partial charge on any atom is 0.223 e. The van der Waals surface area contributed by atoms with Gasteiger partial charge in [0, 0.05) is 18.9 Å². The van der Waals surface area contributed by atoms with Crippen LogP contribution in [0.15, 0.2) is 36.4 Å². The first-order chi connectivity index (χ1) is 13.7. The van der Waals surface area contributed by atoms with Gasteiger partial charge in [-0.2, -0.15) is 5.10 Å². The normalized spacial score (nSPS) is 16.4. The number of carbonyl (C=O) groups excluding carboxylic acids is 2. The van der Waals surface area contributed by atoms with Crippen LogP contribution in [0, 0.1) is 5.92 Å². The molecule has 28 heavy (non-hydrogen) atoms. The van der Waals surface area contributed by atoms with Crippen molar-refractivity contribution in [2.24, 2.45) is 5.92 Å². The zero-order valence-corrected chi connectivity index (χ0v) is 16.3. The number of fused-ring (bicyclic) bond motifs is 1. The fourth-order valence-corrected chi connectivity index (χ4v) is 3.86. The van der Waals surface area contributed by atoms with Crippen LogP contribution in [0.3, 0.4) is 0 Å². The second kappa shape index (κ2) is 8.59. The average molecular weight is 380 g/mol. The van der Waals surface area contributed by atoms with Crippen LogP contribution in [0.2, 0.25) is 0 Å². The van der Waals surface area contributed by atoms with Crippen molar-refractivity contribution < 1.29 is 9.59 Å². The highest BCUT2D eigenvalue weighted by atomic mass is 16.2. The van der Waals surface area contributed by atoms with Gasteiger partial charge in [-0.3, -0.25) is 14.3 Å². The van der Waals surface area contributed by atoms with Crippen LogP contribution in [-0.4, -0.2) is 33.0 Å². The Morgan fingerprint density at radius 3 is 2.71 bits per heavy atom. The number of hydrogen-bond donors (Lipinski definition) is 1. The van der Waals surface area contributed by atoms with Crippen molar-refractivity contribution in [3.8, 4) is 0 Å². The zero-order chi connectivity index (χ0) is 19.3. The monoisotopic (exact) mass is 380 g/mol. The van der Waals surface area contributed by atoms with Gasteiger partial charge < -0.3 is 10.2 Å². The Labute approximate surface area is 165 Å². The molecule has 1 aliphatic carbocycles. The number of nitrogens with one attached hydrogen (secondary N) is 1. The van der Waals surface area contributed by atoms with Gasteiger partial charge in [-0.1, -0.05) is 36.8 Å². The molecule has 1 aliphatic heterocycles. The maximum atomic E-state index is 12.6. The topological polar surface area (TPSA) is 67.2 Å². The molecular weight excluding hydrogens is 352 g/mol. The predicted octanol–water partition coefficient (Wildman–Crippen LogP) is 2.66. The zero-order valence-electron chi connectivity index (χ0n) is 16.3. The molecule has 0 unspecified atom stereocenters. The molecule has 2 heterocycles. The molecule has 2 amide bonds. The van der Waals surface area contributed by atoms with Gasteiger partial charge in [-0.25, -0.2) is 0 Å². The van der Waals surface area contributed by atoms with Gasteiger partial charge in [0.15, 0.2) is 0 Å². The molecule has 0 spiro atoms. The summed E-state index contributed by atoms with van der Waals surface area (Å²) < 4.78 is 1.97. The van der Waals surface area contributed by atoms with Crippen molar-refractivity contribution in [1.29, 1.82) is 0 Å². The number of nitrogens with zero attached hydrogens (tertiary/aromatic N) is 3. The van der Waals surface area contributed by atoms with Crippen molar-refractivity contribution in [1.82, 2.24) is 20.0 Å². The first-order valence-corrected chi connectivity index (χ1v) is 10.3. The second-order valence-corrected chi connectivity index (χ2v) is 7.85. The first-order valence-electron chi connectivity index (χ1n) is 10.3. The number of carbonyl (C=O) groups is 2. The summed E-state index contributed by atoms with van der Waals surface area (Å²) in [4.78, 5) is 26.5. The molecule has 6 heteroatoms. The summed E-state index contributed by atoms with van der Waals surface area (Å²) >= 11 is 0. The van der Waals surface area contributed by atoms with Crippen LogP contribution in [0.1, 0.15) is 49.1 Å². The lowest BCUT2D eigenvalue weighted by molar-refractivity contribution is -0.132. The summed E-state index contributed by atoms with van der Waals surface area (Å²) in [6.07, 6.45) is 5.55. The van der Waals surface area contributed by atoms with E-state index in [0.29, 0.717) is 26.1 Å². The summed E-state index contributed by atoms with van der Waals surface area (Å²) in [5.74, 6) is 0.553. The number of rotatable bonds is 7. The Morgan fingerprint density at radius 2 is 1.96 bits per heavy atom. The minimum atomic E-state index is 0.146. The number of hydrogen-bond acceptors (Lipinski definition) is 3. The summed E-state index contributed by atoms with van der Waals surface area (Å²) in [5.41, 5.74) is 3.21. The standard InChI is InChI=1S/C22H28N4O2/c27-21(11-4-8-17-6-2-1-3-7-17)25-12-13-26-20(16-25)14-19(24-26)15-23-22(28)18-9-5-10-18/h1-3,6-7,14,18H,4-5,8-13,15-16H2,(H,23,28). The van der Waals surface area contributed by atoms with Crippen molar-refractivity contribution in [2.45, 2.75) is 58.2 Å². The van der Waals surface area contributed by atoms with Gasteiger partial charge in [0.05, 0.1) is 31.0 Å². The van der Waals surface area contributed by atoms with Crippen LogP contribution in [0.25, 0.3) is 0 Å². The van der Waals surface area contributed by atoms with E-state index in [1.165, 1.54) is 5.56 Å². The number of amides is 2. The van der Waals surface area contributed by atoms with E-state index in [2.05, 4.69) is 22.5 Å². The van der Waals surface area contributed by atoms with E-state index in [4.69, 9.17) is 0 Å². The third-order valence-electron chi connectivity index (χ3n) is 5.82. The number of aromatic nitrogens is 2. The molecule has 0 bridgehead atoms. The molecule has 1 fully saturated rings. The molecule has 6 nitrogen and oxygen atoms in total. The number of aryl methyl sites for hydroxylation is 1. The molecule has 2 aromatic rings. The lowest BCUT2D eigenvalue weighted by Gasteiger charge is -2.27. The molecule has 1 aromatic carbocycles. The average Bonchev–Trinajstić information content (AvgIpc) is 3.08. The lowest BCUT2D eigenvalue weighted by Crippen LogP contribution is -2.38. The molecule has 148 valence electrons. The summed E-state index contributed by atoms with van der Waals surface area (Å²) in [6, 6.07) is 12.3. The third kappa shape index (κ3) is 4.43. The largest absolute Gasteiger partial charge is 0.350 e. The Bertz CT molecular complexity index is 826. The lowest BCUT2D eigenvalue weighted by atomic mass is 9.85. The van der Waals surface area contributed by atoms with Crippen molar-refractivity contribution >= 4 is 11.8 Å². The minimum absolute atomic E-state index is 0.146. The quantitative estimate of drug-likeness (QED) is 0.803. The molecule has 1 aromatic heterocycles. The van der Waals surface area contributed by atoms with Gasteiger partial charge in [-0.05, 0) is 37.3 Å². The fourth-order valence-electron chi connectivity index (χ4n) is 3.86. The van der Waals surface area contributed by atoms with Crippen LogP contribution < -0.4 is 5.32 Å². The highest BCUT2D eigenvalue weighted by Gasteiger charge is 2.26. The van der Waals surface area contributed by atoms with Crippen molar-refractivity contribution in [2.75, 3.05) is 6.54 Å². The SMILES string of the molecule is O=C(NCc1cc2n(n1)CCN(C(=O)CCCc1ccccc1)C2)C1CCC1. The molecule has 4 rings (SSSR count). The van der Waals surface area contributed by atoms with E-state index in [0.717, 1.165) is 50.0 Å². The van der Waals surface area contributed by atoms with E-state index in [1.807, 2.05) is 33.8 Å². The van der Waals surface area contributed by atoms with E-state index >= 15 is 0 Å². The van der Waals surface area contributed by atoms with Crippen LogP contribution in [-0.2, 0) is 35.6 Å². The molecule has 0 saturated heterocycles. The summed E-state index contributed by atoms with van der Waals surface area (Å²) in [5, 5.41) is 7.58. The molecule has 1 saturated carbocycles. The molecule has 0 atom stereocenters. The molecule has 2 aliphatic rings. The van der Waals surface area contributed by atoms with Gasteiger partial charge >= 0.3 is 0 Å². The summed E-state index contributed by atoms with van der Waals surface area (Å²) in [6.45, 7) is 2.50. The van der Waals surface area contributed by atoms with Crippen LogP contribution >= 0.6 is 0 Å². The predicted molar refractivity (Wildman–Crippen MR) is 106 cm³/mol. The Hall–Kier alpha value is -2.63. The molecular formula is C22H28N4O2. The smallest absolute Gasteiger partial charge is 0.223 e. The van der Waals surface area contributed by atoms with Crippen molar-refractivity contribution in [3.63, 3.8) is 0 Å². The highest BCUT2D eigenvalue weighted by molar-refractivity contribution is 5.79. The Kier molecular flexibility index (Phi) is 5.74. The van der Waals surface area contributed by atoms with Crippen molar-refractivity contribution in [3.05, 3.63) is 53.3 Å². The third-order valence-corrected chi connectivity index (χ3v) is 5.82. The first kappa shape index (κ1) is 18.7. The summed E-state index contributed by atoms with van der Waals surface area (Å²) in [7, 11) is 0. The van der Waals surface area contributed by atoms with E-state index in [9.17, 15) is 9.59 Å². The number of benzene rings is 1. The van der Waals surface area contributed by atoms with Gasteiger partial charge in [0.25, 0.3) is 0 Å². The Balaban J connectivity index is 1.25. The Morgan fingerprint density at radius 1 is 1.14 bits per heavy atom. The highest BCUT2D eigenvalue weighted by Crippen LogP contribution is 2.26. The molecule has 0 radical (unpaired) electrons. The van der Waals surface area contributed by atoms with Crippen LogP contribution in [0.5, 0.6) is 0 Å². The second-order valence-electron chi connectivity index (χ2n) is 7.85. The van der Waals surface area contributed by atoms with Gasteiger partial charge in [0.2, 0.25) is 11.8 Å². The maximum absolute atomic E-state index is 12.6. The van der Waals surface area contributed by atoms with Gasteiger partial charge in [-0.15, -0.1) is 0 Å². The van der Waals surface area contributed by atoms with E-state index < -0.39 is 0 Å². The van der Waals surface area contributed by atoms with Crippen LogP contribution in [0.4, 0.5) is 0 Å². The van der Waals surface area contributed by atoms with Gasteiger partial charge in [0.1, 0.15) is 0 Å². The molecule has 1 N–H and O–H groups in total. The van der Waals surface area contributed by atoms with E-state index in [1.54, 1.807) is 0 Å². The van der Waals surface area contributed by atoms with E-state index in [-0.39, 0.29) is 17.7 Å². The minimum Gasteiger partial charge on any atom is -0.350 e.